The summed E-state index contributed by atoms with van der Waals surface area (Å²) in [6.07, 6.45) is 0.938. The Morgan fingerprint density at radius 2 is 2.19 bits per heavy atom. The summed E-state index contributed by atoms with van der Waals surface area (Å²) in [5.41, 5.74) is 7.89. The van der Waals surface area contributed by atoms with Crippen molar-refractivity contribution in [3.8, 4) is 5.75 Å². The van der Waals surface area contributed by atoms with Crippen molar-refractivity contribution >= 4 is 11.8 Å². The molecule has 21 heavy (non-hydrogen) atoms. The first-order valence-electron chi connectivity index (χ1n) is 7.00. The molecule has 114 valence electrons. The zero-order chi connectivity index (χ0) is 15.1. The number of hydrogen-bond donors (Lipinski definition) is 1. The molecule has 0 saturated heterocycles. The number of aryl methyl sites for hydroxylation is 2. The molecule has 1 heterocycles. The minimum absolute atomic E-state index is 0.536. The van der Waals surface area contributed by atoms with Crippen LogP contribution in [0, 0.1) is 13.8 Å². The lowest BCUT2D eigenvalue weighted by atomic mass is 10.1. The quantitative estimate of drug-likeness (QED) is 0.592. The first-order valence-corrected chi connectivity index (χ1v) is 7.98. The number of hydrogen-bond acceptors (Lipinski definition) is 6. The molecule has 0 aliphatic heterocycles. The van der Waals surface area contributed by atoms with Gasteiger partial charge in [-0.3, -0.25) is 0 Å². The van der Waals surface area contributed by atoms with E-state index in [9.17, 15) is 0 Å². The van der Waals surface area contributed by atoms with E-state index in [1.54, 1.807) is 16.4 Å². The van der Waals surface area contributed by atoms with E-state index in [1.807, 2.05) is 0 Å². The van der Waals surface area contributed by atoms with Gasteiger partial charge in [0.05, 0.1) is 13.2 Å². The van der Waals surface area contributed by atoms with Crippen molar-refractivity contribution in [3.05, 3.63) is 29.3 Å². The van der Waals surface area contributed by atoms with Crippen LogP contribution in [0.5, 0.6) is 5.75 Å². The predicted octanol–water partition coefficient (Wildman–Crippen LogP) is 1.81. The van der Waals surface area contributed by atoms with Crippen LogP contribution < -0.4 is 10.5 Å². The van der Waals surface area contributed by atoms with Crippen LogP contribution in [-0.2, 0) is 6.54 Å². The first-order chi connectivity index (χ1) is 10.2. The van der Waals surface area contributed by atoms with Gasteiger partial charge in [0.2, 0.25) is 5.16 Å². The largest absolute Gasteiger partial charge is 0.493 e. The Morgan fingerprint density at radius 3 is 3.00 bits per heavy atom. The molecular formula is C14H21N5OS. The van der Waals surface area contributed by atoms with Crippen molar-refractivity contribution in [1.82, 2.24) is 20.2 Å². The van der Waals surface area contributed by atoms with E-state index in [1.165, 1.54) is 11.1 Å². The van der Waals surface area contributed by atoms with E-state index in [2.05, 4.69) is 47.6 Å². The second-order valence-electron chi connectivity index (χ2n) is 4.79. The average molecular weight is 307 g/mol. The highest BCUT2D eigenvalue weighted by atomic mass is 32.2. The molecule has 7 heteroatoms. The molecule has 0 aliphatic carbocycles. The van der Waals surface area contributed by atoms with Gasteiger partial charge >= 0.3 is 0 Å². The Kier molecular flexibility index (Phi) is 6.01. The second kappa shape index (κ2) is 7.99. The Labute approximate surface area is 129 Å². The molecule has 1 aromatic heterocycles. The topological polar surface area (TPSA) is 78.9 Å². The molecule has 0 amide bonds. The summed E-state index contributed by atoms with van der Waals surface area (Å²) in [7, 11) is 0. The summed E-state index contributed by atoms with van der Waals surface area (Å²) in [6.45, 7) is 6.00. The van der Waals surface area contributed by atoms with Crippen molar-refractivity contribution in [2.24, 2.45) is 5.73 Å². The minimum atomic E-state index is 0.536. The Morgan fingerprint density at radius 1 is 1.33 bits per heavy atom. The Balaban J connectivity index is 1.72. The maximum absolute atomic E-state index is 5.82. The molecule has 0 radical (unpaired) electrons. The van der Waals surface area contributed by atoms with Gasteiger partial charge in [0, 0.05) is 12.3 Å². The van der Waals surface area contributed by atoms with E-state index >= 15 is 0 Å². The highest BCUT2D eigenvalue weighted by molar-refractivity contribution is 7.99. The number of benzene rings is 1. The van der Waals surface area contributed by atoms with Gasteiger partial charge in [0.1, 0.15) is 5.75 Å². The molecule has 0 atom stereocenters. The molecular weight excluding hydrogens is 286 g/mol. The fraction of sp³-hybridized carbons (Fsp3) is 0.500. The van der Waals surface area contributed by atoms with Crippen molar-refractivity contribution in [1.29, 1.82) is 0 Å². The third-order valence-corrected chi connectivity index (χ3v) is 4.00. The molecule has 2 N–H and O–H groups in total. The van der Waals surface area contributed by atoms with Gasteiger partial charge < -0.3 is 10.5 Å². The Hall–Kier alpha value is -1.60. The van der Waals surface area contributed by atoms with Crippen LogP contribution in [0.2, 0.25) is 0 Å². The molecule has 0 spiro atoms. The number of thioether (sulfide) groups is 1. The highest BCUT2D eigenvalue weighted by Gasteiger charge is 2.05. The molecule has 1 aromatic carbocycles. The van der Waals surface area contributed by atoms with Crippen molar-refractivity contribution in [3.63, 3.8) is 0 Å². The Bertz CT molecular complexity index is 572. The lowest BCUT2D eigenvalue weighted by molar-refractivity contribution is 0.316. The zero-order valence-corrected chi connectivity index (χ0v) is 13.3. The molecule has 0 unspecified atom stereocenters. The molecule has 0 aliphatic rings. The normalized spacial score (nSPS) is 10.8. The first kappa shape index (κ1) is 15.8. The van der Waals surface area contributed by atoms with Crippen molar-refractivity contribution < 1.29 is 4.74 Å². The van der Waals surface area contributed by atoms with Crippen molar-refractivity contribution in [2.75, 3.05) is 18.9 Å². The standard InChI is InChI=1S/C14H21N5OS/c1-11-4-5-12(2)13(10-11)20-8-3-9-21-14-16-17-18-19(14)7-6-15/h4-5,10H,3,6-9,15H2,1-2H3. The van der Waals surface area contributed by atoms with Crippen LogP contribution >= 0.6 is 11.8 Å². The fourth-order valence-corrected chi connectivity index (χ4v) is 2.65. The number of tetrazole rings is 1. The second-order valence-corrected chi connectivity index (χ2v) is 5.85. The van der Waals surface area contributed by atoms with Crippen LogP contribution in [0.4, 0.5) is 0 Å². The van der Waals surface area contributed by atoms with Crippen molar-refractivity contribution in [2.45, 2.75) is 32.0 Å². The SMILES string of the molecule is Cc1ccc(C)c(OCCCSc2nnnn2CCN)c1. The van der Waals surface area contributed by atoms with Gasteiger partial charge in [-0.15, -0.1) is 5.10 Å². The zero-order valence-electron chi connectivity index (χ0n) is 12.5. The molecule has 0 saturated carbocycles. The summed E-state index contributed by atoms with van der Waals surface area (Å²) < 4.78 is 7.56. The van der Waals surface area contributed by atoms with E-state index in [-0.39, 0.29) is 0 Å². The third kappa shape index (κ3) is 4.71. The lowest BCUT2D eigenvalue weighted by Gasteiger charge is -2.09. The van der Waals surface area contributed by atoms with Gasteiger partial charge in [-0.1, -0.05) is 23.9 Å². The van der Waals surface area contributed by atoms with Crippen LogP contribution in [0.15, 0.2) is 23.4 Å². The van der Waals surface area contributed by atoms with Gasteiger partial charge in [0.15, 0.2) is 0 Å². The molecule has 0 fully saturated rings. The van der Waals surface area contributed by atoms with Gasteiger partial charge in [-0.25, -0.2) is 4.68 Å². The fourth-order valence-electron chi connectivity index (χ4n) is 1.83. The maximum Gasteiger partial charge on any atom is 0.209 e. The van der Waals surface area contributed by atoms with E-state index in [4.69, 9.17) is 10.5 Å². The number of nitrogens with zero attached hydrogens (tertiary/aromatic N) is 4. The number of rotatable bonds is 8. The van der Waals surface area contributed by atoms with Crippen LogP contribution in [0.3, 0.4) is 0 Å². The van der Waals surface area contributed by atoms with E-state index < -0.39 is 0 Å². The van der Waals surface area contributed by atoms with Crippen LogP contribution in [0.1, 0.15) is 17.5 Å². The van der Waals surface area contributed by atoms with Crippen LogP contribution in [-0.4, -0.2) is 39.1 Å². The lowest BCUT2D eigenvalue weighted by Crippen LogP contribution is -2.12. The van der Waals surface area contributed by atoms with Gasteiger partial charge in [-0.05, 0) is 47.9 Å². The smallest absolute Gasteiger partial charge is 0.209 e. The molecule has 0 bridgehead atoms. The molecule has 2 aromatic rings. The summed E-state index contributed by atoms with van der Waals surface area (Å²) in [5.74, 6) is 1.88. The van der Waals surface area contributed by atoms with Gasteiger partial charge in [0.25, 0.3) is 0 Å². The molecule has 2 rings (SSSR count). The van der Waals surface area contributed by atoms with Crippen LogP contribution in [0.25, 0.3) is 0 Å². The number of nitrogens with two attached hydrogens (primary N) is 1. The minimum Gasteiger partial charge on any atom is -0.493 e. The summed E-state index contributed by atoms with van der Waals surface area (Å²) in [5, 5.41) is 12.4. The van der Waals surface area contributed by atoms with Gasteiger partial charge in [-0.2, -0.15) is 0 Å². The molecule has 6 nitrogen and oxygen atoms in total. The highest BCUT2D eigenvalue weighted by Crippen LogP contribution is 2.20. The number of aromatic nitrogens is 4. The summed E-state index contributed by atoms with van der Waals surface area (Å²) in [4.78, 5) is 0. The predicted molar refractivity (Wildman–Crippen MR) is 83.6 cm³/mol. The third-order valence-electron chi connectivity index (χ3n) is 2.96. The average Bonchev–Trinajstić information content (AvgIpc) is 2.90. The maximum atomic E-state index is 5.82. The monoisotopic (exact) mass is 307 g/mol. The number of ether oxygens (including phenoxy) is 1. The summed E-state index contributed by atoms with van der Waals surface area (Å²) >= 11 is 1.63. The summed E-state index contributed by atoms with van der Waals surface area (Å²) in [6, 6.07) is 6.25. The van der Waals surface area contributed by atoms with E-state index in [0.717, 1.165) is 23.1 Å². The van der Waals surface area contributed by atoms with E-state index in [0.29, 0.717) is 19.7 Å².